The number of nitrogens with zero attached hydrogens (tertiary/aromatic N) is 2. The van der Waals surface area contributed by atoms with Crippen molar-refractivity contribution in [3.8, 4) is 0 Å². The predicted molar refractivity (Wildman–Crippen MR) is 122 cm³/mol. The van der Waals surface area contributed by atoms with Gasteiger partial charge in [-0.15, -0.1) is 0 Å². The minimum atomic E-state index is -1.48. The van der Waals surface area contributed by atoms with Crippen LogP contribution in [0, 0.1) is 0 Å². The number of piperazine rings is 1. The maximum absolute atomic E-state index is 13.0. The Hall–Kier alpha value is -2.83. The van der Waals surface area contributed by atoms with E-state index in [1.807, 2.05) is 23.1 Å². The van der Waals surface area contributed by atoms with E-state index >= 15 is 0 Å². The van der Waals surface area contributed by atoms with Crippen LogP contribution in [0.3, 0.4) is 0 Å². The van der Waals surface area contributed by atoms with E-state index in [0.717, 1.165) is 13.1 Å². The van der Waals surface area contributed by atoms with Gasteiger partial charge in [-0.2, -0.15) is 0 Å². The van der Waals surface area contributed by atoms with E-state index in [1.54, 1.807) is 48.5 Å². The van der Waals surface area contributed by atoms with Crippen LogP contribution in [0.5, 0.6) is 0 Å². The van der Waals surface area contributed by atoms with E-state index in [4.69, 9.17) is 11.6 Å². The van der Waals surface area contributed by atoms with Gasteiger partial charge in [-0.25, -0.2) is 4.21 Å². The van der Waals surface area contributed by atoms with Crippen molar-refractivity contribution < 1.29 is 9.00 Å². The number of carbonyl (C=O) groups excluding carboxylic acids is 1. The fraction of sp³-hybridized carbons (Fsp3) is 0.174. The Morgan fingerprint density at radius 1 is 0.867 bits per heavy atom. The third kappa shape index (κ3) is 4.83. The highest BCUT2D eigenvalue weighted by Crippen LogP contribution is 2.19. The largest absolute Gasteiger partial charge is 0.368 e. The van der Waals surface area contributed by atoms with Crippen LogP contribution in [0.2, 0.25) is 5.02 Å². The smallest absolute Gasteiger partial charge is 0.254 e. The molecule has 0 saturated carbocycles. The van der Waals surface area contributed by atoms with Gasteiger partial charge in [-0.05, 0) is 54.6 Å². The minimum Gasteiger partial charge on any atom is -0.368 e. The zero-order valence-electron chi connectivity index (χ0n) is 16.3. The molecule has 7 heteroatoms. The number of rotatable bonds is 5. The molecule has 1 aliphatic heterocycles. The third-order valence-corrected chi connectivity index (χ3v) is 6.39. The first kappa shape index (κ1) is 20.4. The monoisotopic (exact) mass is 439 g/mol. The molecule has 0 bridgehead atoms. The lowest BCUT2D eigenvalue weighted by Crippen LogP contribution is -2.48. The maximum Gasteiger partial charge on any atom is 0.254 e. The van der Waals surface area contributed by atoms with Gasteiger partial charge in [0.2, 0.25) is 0 Å². The normalized spacial score (nSPS) is 15.0. The van der Waals surface area contributed by atoms with Gasteiger partial charge in [0, 0.05) is 48.1 Å². The van der Waals surface area contributed by atoms with E-state index < -0.39 is 11.0 Å². The van der Waals surface area contributed by atoms with Gasteiger partial charge in [0.1, 0.15) is 11.0 Å². The average molecular weight is 440 g/mol. The molecule has 1 N–H and O–H groups in total. The molecule has 1 atom stereocenters. The van der Waals surface area contributed by atoms with E-state index in [-0.39, 0.29) is 5.91 Å². The molecule has 1 aliphatic rings. The Labute approximate surface area is 183 Å². The van der Waals surface area contributed by atoms with Crippen molar-refractivity contribution in [3.05, 3.63) is 89.4 Å². The topological polar surface area (TPSA) is 52.7 Å². The molecule has 154 valence electrons. The highest BCUT2D eigenvalue weighted by Gasteiger charge is 2.22. The lowest BCUT2D eigenvalue weighted by atomic mass is 10.1. The van der Waals surface area contributed by atoms with Gasteiger partial charge >= 0.3 is 0 Å². The minimum absolute atomic E-state index is 0.0342. The summed E-state index contributed by atoms with van der Waals surface area (Å²) < 4.78 is 15.6. The number of benzene rings is 3. The number of carbonyl (C=O) groups is 1. The zero-order valence-corrected chi connectivity index (χ0v) is 17.9. The average Bonchev–Trinajstić information content (AvgIpc) is 2.81. The first-order valence-electron chi connectivity index (χ1n) is 9.73. The molecule has 3 aromatic carbocycles. The second-order valence-electron chi connectivity index (χ2n) is 7.02. The Kier molecular flexibility index (Phi) is 6.35. The summed E-state index contributed by atoms with van der Waals surface area (Å²) >= 11 is 5.89. The highest BCUT2D eigenvalue weighted by molar-refractivity contribution is 7.86. The molecule has 4 rings (SSSR count). The summed E-state index contributed by atoms with van der Waals surface area (Å²) in [5.41, 5.74) is 2.42. The van der Waals surface area contributed by atoms with Crippen molar-refractivity contribution in [2.75, 3.05) is 35.8 Å². The standard InChI is InChI=1S/C23H22ClN3O2S/c24-19-9-11-20(12-10-19)25-30(29)22-8-4-5-18(17-22)23(28)27-15-13-26(14-16-27)21-6-2-1-3-7-21/h1-12,17,25H,13-16H2. The van der Waals surface area contributed by atoms with Crippen molar-refractivity contribution in [1.29, 1.82) is 0 Å². The first-order valence-corrected chi connectivity index (χ1v) is 11.3. The van der Waals surface area contributed by atoms with E-state index in [1.165, 1.54) is 5.69 Å². The molecule has 3 aromatic rings. The van der Waals surface area contributed by atoms with E-state index in [2.05, 4.69) is 21.8 Å². The molecule has 0 radical (unpaired) electrons. The van der Waals surface area contributed by atoms with Crippen molar-refractivity contribution in [1.82, 2.24) is 4.90 Å². The van der Waals surface area contributed by atoms with Crippen LogP contribution in [-0.4, -0.2) is 41.2 Å². The predicted octanol–water partition coefficient (Wildman–Crippen LogP) is 4.44. The molecule has 30 heavy (non-hydrogen) atoms. The second kappa shape index (κ2) is 9.32. The van der Waals surface area contributed by atoms with Gasteiger partial charge in [0.25, 0.3) is 5.91 Å². The summed E-state index contributed by atoms with van der Waals surface area (Å²) in [6, 6.07) is 24.2. The maximum atomic E-state index is 13.0. The Bertz CT molecular complexity index is 1040. The van der Waals surface area contributed by atoms with Gasteiger partial charge in [0.05, 0.1) is 4.90 Å². The van der Waals surface area contributed by atoms with Gasteiger partial charge in [0.15, 0.2) is 0 Å². The Morgan fingerprint density at radius 3 is 2.27 bits per heavy atom. The third-order valence-electron chi connectivity index (χ3n) is 5.04. The SMILES string of the molecule is O=C(c1cccc(S(=O)Nc2ccc(Cl)cc2)c1)N1CCN(c2ccccc2)CC1. The number of para-hydroxylation sites is 1. The molecule has 5 nitrogen and oxygen atoms in total. The molecule has 1 saturated heterocycles. The molecule has 1 fully saturated rings. The molecule has 0 aliphatic carbocycles. The number of hydrogen-bond donors (Lipinski definition) is 1. The number of halogens is 1. The van der Waals surface area contributed by atoms with Gasteiger partial charge in [-0.3, -0.25) is 4.79 Å². The summed E-state index contributed by atoms with van der Waals surface area (Å²) in [4.78, 5) is 17.7. The summed E-state index contributed by atoms with van der Waals surface area (Å²) in [5.74, 6) is -0.0342. The van der Waals surface area contributed by atoms with Crippen LogP contribution in [0.1, 0.15) is 10.4 Å². The van der Waals surface area contributed by atoms with Crippen LogP contribution >= 0.6 is 11.6 Å². The summed E-state index contributed by atoms with van der Waals surface area (Å²) in [6.07, 6.45) is 0. The highest BCUT2D eigenvalue weighted by atomic mass is 35.5. The quantitative estimate of drug-likeness (QED) is 0.639. The molecule has 0 spiro atoms. The summed E-state index contributed by atoms with van der Waals surface area (Å²) in [5, 5.41) is 0.617. The number of nitrogens with one attached hydrogen (secondary N) is 1. The van der Waals surface area contributed by atoms with Crippen LogP contribution < -0.4 is 9.62 Å². The van der Waals surface area contributed by atoms with Crippen molar-refractivity contribution in [2.24, 2.45) is 0 Å². The van der Waals surface area contributed by atoms with Crippen LogP contribution in [0.4, 0.5) is 11.4 Å². The van der Waals surface area contributed by atoms with Crippen LogP contribution in [0.15, 0.2) is 83.8 Å². The van der Waals surface area contributed by atoms with E-state index in [9.17, 15) is 9.00 Å². The van der Waals surface area contributed by atoms with Crippen LogP contribution in [-0.2, 0) is 11.0 Å². The van der Waals surface area contributed by atoms with Crippen molar-refractivity contribution >= 4 is 39.9 Å². The molecule has 1 amide bonds. The second-order valence-corrected chi connectivity index (χ2v) is 8.67. The molecular weight excluding hydrogens is 418 g/mol. The molecule has 1 unspecified atom stereocenters. The summed E-state index contributed by atoms with van der Waals surface area (Å²) in [6.45, 7) is 2.90. The Balaban J connectivity index is 1.40. The lowest BCUT2D eigenvalue weighted by molar-refractivity contribution is 0.0746. The van der Waals surface area contributed by atoms with Crippen LogP contribution in [0.25, 0.3) is 0 Å². The summed E-state index contributed by atoms with van der Waals surface area (Å²) in [7, 11) is -1.48. The number of hydrogen-bond acceptors (Lipinski definition) is 3. The zero-order chi connectivity index (χ0) is 20.9. The first-order chi connectivity index (χ1) is 14.6. The molecule has 0 aromatic heterocycles. The molecular formula is C23H22ClN3O2S. The fourth-order valence-electron chi connectivity index (χ4n) is 3.42. The van der Waals surface area contributed by atoms with E-state index in [0.29, 0.717) is 34.3 Å². The van der Waals surface area contributed by atoms with Crippen molar-refractivity contribution in [3.63, 3.8) is 0 Å². The van der Waals surface area contributed by atoms with Gasteiger partial charge < -0.3 is 14.5 Å². The molecule has 1 heterocycles. The number of amides is 1. The van der Waals surface area contributed by atoms with Gasteiger partial charge in [-0.1, -0.05) is 35.9 Å². The fourth-order valence-corrected chi connectivity index (χ4v) is 4.45. The lowest BCUT2D eigenvalue weighted by Gasteiger charge is -2.36. The van der Waals surface area contributed by atoms with Crippen molar-refractivity contribution in [2.45, 2.75) is 4.90 Å². The Morgan fingerprint density at radius 2 is 1.57 bits per heavy atom. The number of anilines is 2.